The number of unbranched alkanes of at least 4 members (excludes halogenated alkanes) is 1. The van der Waals surface area contributed by atoms with Gasteiger partial charge in [0, 0.05) is 30.5 Å². The first-order valence-corrected chi connectivity index (χ1v) is 15.1. The molecule has 0 saturated carbocycles. The summed E-state index contributed by atoms with van der Waals surface area (Å²) < 4.78 is 22.2. The third kappa shape index (κ3) is 24.9. The third-order valence-corrected chi connectivity index (χ3v) is 8.39. The molecule has 0 heterocycles. The first-order valence-electron chi connectivity index (χ1n) is 12.9. The van der Waals surface area contributed by atoms with E-state index in [0.717, 1.165) is 51.4 Å². The lowest BCUT2D eigenvalue weighted by Gasteiger charge is -2.24. The van der Waals surface area contributed by atoms with E-state index in [1.165, 1.54) is 6.42 Å². The highest BCUT2D eigenvalue weighted by atomic mass is 33.1. The van der Waals surface area contributed by atoms with Gasteiger partial charge in [-0.25, -0.2) is 4.79 Å². The standard InChI is InChI=1S/C25H52N2O5S2/c1-21(2)11-10-15-29-19-20-30-18-14-27-24(28)32-17-12-25(6,7)34-33-23(5)31-16-9-8-13-26-22(3)4/h21-23,26H,8-20H2,1-7H3,(H,27,28). The Morgan fingerprint density at radius 1 is 0.853 bits per heavy atom. The zero-order chi connectivity index (χ0) is 25.7. The van der Waals surface area contributed by atoms with Crippen LogP contribution >= 0.6 is 21.6 Å². The lowest BCUT2D eigenvalue weighted by atomic mass is 10.1. The normalized spacial score (nSPS) is 13.0. The van der Waals surface area contributed by atoms with Crippen molar-refractivity contribution in [3.05, 3.63) is 0 Å². The van der Waals surface area contributed by atoms with Gasteiger partial charge in [-0.3, -0.25) is 0 Å². The second kappa shape index (κ2) is 22.0. The molecule has 0 aromatic heterocycles. The van der Waals surface area contributed by atoms with E-state index in [1.807, 2.05) is 0 Å². The van der Waals surface area contributed by atoms with Gasteiger partial charge in [0.25, 0.3) is 0 Å². The highest BCUT2D eigenvalue weighted by molar-refractivity contribution is 8.77. The molecule has 0 radical (unpaired) electrons. The average molecular weight is 525 g/mol. The molecule has 34 heavy (non-hydrogen) atoms. The van der Waals surface area contributed by atoms with Crippen LogP contribution in [0.2, 0.25) is 0 Å². The summed E-state index contributed by atoms with van der Waals surface area (Å²) in [6.07, 6.45) is 4.85. The maximum atomic E-state index is 11.8. The van der Waals surface area contributed by atoms with Crippen LogP contribution in [-0.2, 0) is 18.9 Å². The fraction of sp³-hybridized carbons (Fsp3) is 0.960. The minimum atomic E-state index is -0.398. The van der Waals surface area contributed by atoms with Crippen LogP contribution in [0, 0.1) is 5.92 Å². The second-order valence-electron chi connectivity index (χ2n) is 9.77. The van der Waals surface area contributed by atoms with E-state index in [2.05, 4.69) is 59.1 Å². The van der Waals surface area contributed by atoms with Crippen LogP contribution in [0.3, 0.4) is 0 Å². The second-order valence-corrected chi connectivity index (χ2v) is 13.0. The summed E-state index contributed by atoms with van der Waals surface area (Å²) in [7, 11) is 3.52. The van der Waals surface area contributed by atoms with Gasteiger partial charge in [0.2, 0.25) is 0 Å². The Balaban J connectivity index is 3.60. The van der Waals surface area contributed by atoms with Gasteiger partial charge in [-0.05, 0) is 65.3 Å². The first kappa shape index (κ1) is 33.8. The van der Waals surface area contributed by atoms with E-state index in [0.29, 0.717) is 39.0 Å². The Kier molecular flexibility index (Phi) is 21.9. The van der Waals surface area contributed by atoms with Gasteiger partial charge in [0.1, 0.15) is 5.44 Å². The molecule has 1 atom stereocenters. The van der Waals surface area contributed by atoms with Crippen molar-refractivity contribution in [1.29, 1.82) is 0 Å². The van der Waals surface area contributed by atoms with E-state index in [4.69, 9.17) is 18.9 Å². The molecule has 7 nitrogen and oxygen atoms in total. The van der Waals surface area contributed by atoms with Crippen LogP contribution in [0.15, 0.2) is 0 Å². The number of hydrogen-bond donors (Lipinski definition) is 2. The lowest BCUT2D eigenvalue weighted by molar-refractivity contribution is 0.0462. The molecule has 204 valence electrons. The smallest absolute Gasteiger partial charge is 0.407 e. The minimum absolute atomic E-state index is 0.0119. The summed E-state index contributed by atoms with van der Waals surface area (Å²) >= 11 is 0. The molecule has 0 spiro atoms. The van der Waals surface area contributed by atoms with Crippen LogP contribution in [0.25, 0.3) is 0 Å². The quantitative estimate of drug-likeness (QED) is 0.0976. The predicted octanol–water partition coefficient (Wildman–Crippen LogP) is 5.87. The Labute approximate surface area is 217 Å². The van der Waals surface area contributed by atoms with E-state index in [1.54, 1.807) is 21.6 Å². The Morgan fingerprint density at radius 2 is 1.56 bits per heavy atom. The summed E-state index contributed by atoms with van der Waals surface area (Å²) in [5, 5.41) is 6.14. The number of nitrogens with one attached hydrogen (secondary N) is 2. The van der Waals surface area contributed by atoms with Gasteiger partial charge in [0.05, 0.1) is 26.4 Å². The van der Waals surface area contributed by atoms with Crippen LogP contribution in [-0.4, -0.2) is 75.0 Å². The molecular weight excluding hydrogens is 472 g/mol. The zero-order valence-corrected chi connectivity index (χ0v) is 24.4. The summed E-state index contributed by atoms with van der Waals surface area (Å²) in [6, 6.07) is 0.539. The van der Waals surface area contributed by atoms with Crippen molar-refractivity contribution >= 4 is 27.7 Å². The molecule has 0 aromatic rings. The SMILES string of the molecule is CC(C)CCCOCCOCCNC(=O)OCCC(C)(C)SSC(C)OCCCCNC(C)C. The highest BCUT2D eigenvalue weighted by Gasteiger charge is 2.21. The van der Waals surface area contributed by atoms with Gasteiger partial charge in [-0.2, -0.15) is 0 Å². The van der Waals surface area contributed by atoms with Crippen molar-refractivity contribution in [2.24, 2.45) is 5.92 Å². The summed E-state index contributed by atoms with van der Waals surface area (Å²) in [4.78, 5) is 11.8. The van der Waals surface area contributed by atoms with E-state index >= 15 is 0 Å². The van der Waals surface area contributed by atoms with Crippen molar-refractivity contribution in [2.45, 2.75) is 96.8 Å². The number of rotatable bonds is 23. The zero-order valence-electron chi connectivity index (χ0n) is 22.8. The molecule has 2 N–H and O–H groups in total. The Morgan fingerprint density at radius 3 is 2.24 bits per heavy atom. The average Bonchev–Trinajstić information content (AvgIpc) is 2.75. The molecule has 0 saturated heterocycles. The van der Waals surface area contributed by atoms with Gasteiger partial charge >= 0.3 is 6.09 Å². The maximum Gasteiger partial charge on any atom is 0.407 e. The van der Waals surface area contributed by atoms with Crippen LogP contribution in [0.4, 0.5) is 4.79 Å². The summed E-state index contributed by atoms with van der Waals surface area (Å²) in [5.74, 6) is 0.718. The topological polar surface area (TPSA) is 78.1 Å². The molecule has 0 rings (SSSR count). The molecule has 1 amide bonds. The van der Waals surface area contributed by atoms with E-state index in [9.17, 15) is 4.79 Å². The molecule has 0 aromatic carbocycles. The number of carbonyl (C=O) groups excluding carboxylic acids is 1. The molecule has 0 fully saturated rings. The molecule has 0 aliphatic heterocycles. The number of carbonyl (C=O) groups is 1. The highest BCUT2D eigenvalue weighted by Crippen LogP contribution is 2.40. The molecule has 0 aliphatic rings. The molecular formula is C25H52N2O5S2. The monoisotopic (exact) mass is 524 g/mol. The Hall–Kier alpha value is -0.190. The van der Waals surface area contributed by atoms with Gasteiger partial charge in [-0.15, -0.1) is 0 Å². The molecule has 0 bridgehead atoms. The van der Waals surface area contributed by atoms with Gasteiger partial charge in [0.15, 0.2) is 0 Å². The Bertz CT molecular complexity index is 482. The van der Waals surface area contributed by atoms with Crippen molar-refractivity contribution in [3.63, 3.8) is 0 Å². The summed E-state index contributed by atoms with van der Waals surface area (Å²) in [5.41, 5.74) is 0.136. The number of ether oxygens (including phenoxy) is 4. The maximum absolute atomic E-state index is 11.8. The minimum Gasteiger partial charge on any atom is -0.450 e. The number of hydrogen-bond acceptors (Lipinski definition) is 8. The van der Waals surface area contributed by atoms with Crippen molar-refractivity contribution in [2.75, 3.05) is 52.7 Å². The van der Waals surface area contributed by atoms with Crippen LogP contribution in [0.5, 0.6) is 0 Å². The van der Waals surface area contributed by atoms with Gasteiger partial charge in [-0.1, -0.05) is 49.3 Å². The third-order valence-electron chi connectivity index (χ3n) is 4.78. The van der Waals surface area contributed by atoms with Crippen LogP contribution < -0.4 is 10.6 Å². The largest absolute Gasteiger partial charge is 0.450 e. The fourth-order valence-corrected chi connectivity index (χ4v) is 5.04. The number of alkyl carbamates (subject to hydrolysis) is 1. The van der Waals surface area contributed by atoms with E-state index < -0.39 is 6.09 Å². The van der Waals surface area contributed by atoms with Crippen molar-refractivity contribution in [1.82, 2.24) is 10.6 Å². The molecule has 9 heteroatoms. The predicted molar refractivity (Wildman–Crippen MR) is 147 cm³/mol. The van der Waals surface area contributed by atoms with Crippen molar-refractivity contribution < 1.29 is 23.7 Å². The first-order chi connectivity index (χ1) is 16.1. The van der Waals surface area contributed by atoms with E-state index in [-0.39, 0.29) is 10.2 Å². The number of amides is 1. The molecule has 1 unspecified atom stereocenters. The van der Waals surface area contributed by atoms with Gasteiger partial charge < -0.3 is 29.6 Å². The fourth-order valence-electron chi connectivity index (χ4n) is 2.72. The van der Waals surface area contributed by atoms with Crippen molar-refractivity contribution in [3.8, 4) is 0 Å². The summed E-state index contributed by atoms with van der Waals surface area (Å²) in [6.45, 7) is 20.2. The van der Waals surface area contributed by atoms with Crippen LogP contribution in [0.1, 0.15) is 80.6 Å². The lowest BCUT2D eigenvalue weighted by Crippen LogP contribution is -2.29. The molecule has 0 aliphatic carbocycles.